The fraction of sp³-hybridized carbons (Fsp3) is 0.111. The number of nitrogens with zero attached hydrogens (tertiary/aromatic N) is 1. The zero-order valence-electron chi connectivity index (χ0n) is 7.41. The first-order valence-corrected chi connectivity index (χ1v) is 3.67. The third-order valence-electron chi connectivity index (χ3n) is 1.57. The number of hydrogen-bond acceptors (Lipinski definition) is 4. The zero-order chi connectivity index (χ0) is 10.7. The monoisotopic (exact) mass is 196 g/mol. The summed E-state index contributed by atoms with van der Waals surface area (Å²) in [5.41, 5.74) is -0.789. The quantitative estimate of drug-likeness (QED) is 0.523. The van der Waals surface area contributed by atoms with Gasteiger partial charge in [-0.2, -0.15) is 0 Å². The highest BCUT2D eigenvalue weighted by molar-refractivity contribution is 6.01. The lowest BCUT2D eigenvalue weighted by molar-refractivity contribution is 0.0588. The Morgan fingerprint density at radius 1 is 1.57 bits per heavy atom. The summed E-state index contributed by atoms with van der Waals surface area (Å²) < 4.78 is 17.6. The van der Waals surface area contributed by atoms with Crippen LogP contribution in [0.25, 0.3) is 0 Å². The van der Waals surface area contributed by atoms with E-state index >= 15 is 0 Å². The van der Waals surface area contributed by atoms with Gasteiger partial charge in [-0.25, -0.2) is 14.2 Å². The van der Waals surface area contributed by atoms with Gasteiger partial charge in [0.25, 0.3) is 0 Å². The molecule has 1 aromatic heterocycles. The van der Waals surface area contributed by atoms with Gasteiger partial charge in [-0.05, 0) is 6.07 Å². The first kappa shape index (κ1) is 10.3. The van der Waals surface area contributed by atoms with Gasteiger partial charge >= 0.3 is 5.97 Å². The van der Waals surface area contributed by atoms with Crippen LogP contribution in [0.15, 0.2) is 12.3 Å². The van der Waals surface area contributed by atoms with E-state index in [0.29, 0.717) is 0 Å². The van der Waals surface area contributed by atoms with Gasteiger partial charge < -0.3 is 4.74 Å². The fourth-order valence-electron chi connectivity index (χ4n) is 0.898. The minimum absolute atomic E-state index is 0.277. The van der Waals surface area contributed by atoms with E-state index in [2.05, 4.69) is 16.6 Å². The molecular formula is C9H7FNO3. The molecule has 0 aromatic carbocycles. The second kappa shape index (κ2) is 3.95. The predicted octanol–water partition coefficient (Wildman–Crippen LogP) is 1.02. The second-order valence-corrected chi connectivity index (χ2v) is 2.44. The van der Waals surface area contributed by atoms with Gasteiger partial charge in [-0.3, -0.25) is 4.79 Å². The van der Waals surface area contributed by atoms with Crippen molar-refractivity contribution in [2.45, 2.75) is 0 Å². The van der Waals surface area contributed by atoms with Crippen molar-refractivity contribution in [3.63, 3.8) is 0 Å². The molecule has 1 rings (SSSR count). The number of Topliss-reactive ketones (excluding diaryl/α,β-unsaturated/α-hetero) is 1. The molecule has 14 heavy (non-hydrogen) atoms. The van der Waals surface area contributed by atoms with Crippen LogP contribution in [0.1, 0.15) is 20.8 Å². The van der Waals surface area contributed by atoms with E-state index in [4.69, 9.17) is 0 Å². The number of carbonyl (C=O) groups excluding carboxylic acids is 2. The van der Waals surface area contributed by atoms with E-state index < -0.39 is 23.3 Å². The standard InChI is InChI=1S/C9H7FNO3/c1-5(12)6-3-4-11-8(7(6)10)9(13)14-2/h3-4H,1H2,2H3. The smallest absolute Gasteiger partial charge is 0.359 e. The molecule has 0 saturated heterocycles. The Balaban J connectivity index is 3.27. The summed E-state index contributed by atoms with van der Waals surface area (Å²) in [6.07, 6.45) is 1.15. The van der Waals surface area contributed by atoms with Gasteiger partial charge in [-0.1, -0.05) is 0 Å². The molecular weight excluding hydrogens is 189 g/mol. The number of ether oxygens (including phenoxy) is 1. The Kier molecular flexibility index (Phi) is 2.91. The van der Waals surface area contributed by atoms with Crippen molar-refractivity contribution >= 4 is 11.8 Å². The highest BCUT2D eigenvalue weighted by atomic mass is 19.1. The van der Waals surface area contributed by atoms with Crippen molar-refractivity contribution in [1.29, 1.82) is 0 Å². The van der Waals surface area contributed by atoms with Gasteiger partial charge in [0, 0.05) is 13.1 Å². The number of hydrogen-bond donors (Lipinski definition) is 0. The van der Waals surface area contributed by atoms with Crippen LogP contribution >= 0.6 is 0 Å². The summed E-state index contributed by atoms with van der Waals surface area (Å²) in [5.74, 6) is -2.64. The molecule has 73 valence electrons. The van der Waals surface area contributed by atoms with Gasteiger partial charge in [0.15, 0.2) is 17.3 Å². The number of carbonyl (C=O) groups is 2. The minimum Gasteiger partial charge on any atom is -0.464 e. The number of esters is 1. The largest absolute Gasteiger partial charge is 0.464 e. The number of aromatic nitrogens is 1. The lowest BCUT2D eigenvalue weighted by atomic mass is 10.1. The van der Waals surface area contributed by atoms with Gasteiger partial charge in [0.05, 0.1) is 12.7 Å². The van der Waals surface area contributed by atoms with Crippen molar-refractivity contribution in [2.75, 3.05) is 7.11 Å². The van der Waals surface area contributed by atoms with E-state index in [0.717, 1.165) is 19.4 Å². The SMILES string of the molecule is [CH2]C(=O)c1ccnc(C(=O)OC)c1F. The Morgan fingerprint density at radius 3 is 2.71 bits per heavy atom. The topological polar surface area (TPSA) is 56.3 Å². The molecule has 1 radical (unpaired) electrons. The van der Waals surface area contributed by atoms with Crippen molar-refractivity contribution in [3.8, 4) is 0 Å². The third-order valence-corrected chi connectivity index (χ3v) is 1.57. The lowest BCUT2D eigenvalue weighted by Gasteiger charge is -2.02. The molecule has 1 aromatic rings. The molecule has 0 saturated carbocycles. The molecule has 5 heteroatoms. The van der Waals surface area contributed by atoms with E-state index in [1.54, 1.807) is 0 Å². The summed E-state index contributed by atoms with van der Waals surface area (Å²) in [6, 6.07) is 1.15. The molecule has 0 atom stereocenters. The van der Waals surface area contributed by atoms with Crippen LogP contribution < -0.4 is 0 Å². The van der Waals surface area contributed by atoms with Crippen molar-refractivity contribution < 1.29 is 18.7 Å². The Bertz CT molecular complexity index is 390. The van der Waals surface area contributed by atoms with Crippen LogP contribution in [0.3, 0.4) is 0 Å². The summed E-state index contributed by atoms with van der Waals surface area (Å²) in [5, 5.41) is 0. The predicted molar refractivity (Wildman–Crippen MR) is 45.2 cm³/mol. The maximum atomic E-state index is 13.3. The molecule has 0 bridgehead atoms. The van der Waals surface area contributed by atoms with Crippen molar-refractivity contribution in [3.05, 3.63) is 36.3 Å². The summed E-state index contributed by atoms with van der Waals surface area (Å²) in [6.45, 7) is 3.04. The Labute approximate surface area is 79.7 Å². The van der Waals surface area contributed by atoms with Crippen LogP contribution in [-0.4, -0.2) is 23.8 Å². The number of pyridine rings is 1. The van der Waals surface area contributed by atoms with E-state index in [1.807, 2.05) is 0 Å². The summed E-state index contributed by atoms with van der Waals surface area (Å²) >= 11 is 0. The third kappa shape index (κ3) is 1.76. The fourth-order valence-corrected chi connectivity index (χ4v) is 0.898. The number of rotatable bonds is 2. The zero-order valence-corrected chi connectivity index (χ0v) is 7.41. The maximum absolute atomic E-state index is 13.3. The Morgan fingerprint density at radius 2 is 2.21 bits per heavy atom. The summed E-state index contributed by atoms with van der Waals surface area (Å²) in [7, 11) is 1.10. The van der Waals surface area contributed by atoms with Crippen LogP contribution in [-0.2, 0) is 4.74 Å². The van der Waals surface area contributed by atoms with Crippen LogP contribution in [0.5, 0.6) is 0 Å². The molecule has 0 aliphatic carbocycles. The second-order valence-electron chi connectivity index (χ2n) is 2.44. The number of methoxy groups -OCH3 is 1. The summed E-state index contributed by atoms with van der Waals surface area (Å²) in [4.78, 5) is 25.2. The maximum Gasteiger partial charge on any atom is 0.359 e. The van der Waals surface area contributed by atoms with Gasteiger partial charge in [0.2, 0.25) is 0 Å². The highest BCUT2D eigenvalue weighted by Gasteiger charge is 2.18. The molecule has 0 aliphatic heterocycles. The van der Waals surface area contributed by atoms with Gasteiger partial charge in [0.1, 0.15) is 0 Å². The van der Waals surface area contributed by atoms with Crippen LogP contribution in [0.2, 0.25) is 0 Å². The van der Waals surface area contributed by atoms with Crippen molar-refractivity contribution in [1.82, 2.24) is 4.98 Å². The molecule has 0 amide bonds. The van der Waals surface area contributed by atoms with E-state index in [1.165, 1.54) is 0 Å². The normalized spacial score (nSPS) is 9.64. The van der Waals surface area contributed by atoms with Crippen molar-refractivity contribution in [2.24, 2.45) is 0 Å². The number of halogens is 1. The van der Waals surface area contributed by atoms with Crippen LogP contribution in [0, 0.1) is 12.7 Å². The highest BCUT2D eigenvalue weighted by Crippen LogP contribution is 2.11. The Hall–Kier alpha value is -1.78. The molecule has 0 fully saturated rings. The van der Waals surface area contributed by atoms with Gasteiger partial charge in [-0.15, -0.1) is 0 Å². The first-order valence-electron chi connectivity index (χ1n) is 3.67. The van der Waals surface area contributed by atoms with E-state index in [-0.39, 0.29) is 5.56 Å². The van der Waals surface area contributed by atoms with E-state index in [9.17, 15) is 14.0 Å². The average Bonchev–Trinajstić information content (AvgIpc) is 2.16. The average molecular weight is 196 g/mol. The molecule has 0 aliphatic rings. The molecule has 4 nitrogen and oxygen atoms in total. The lowest BCUT2D eigenvalue weighted by Crippen LogP contribution is -2.11. The molecule has 1 heterocycles. The molecule has 0 N–H and O–H groups in total. The molecule has 0 spiro atoms. The van der Waals surface area contributed by atoms with Crippen LogP contribution in [0.4, 0.5) is 4.39 Å². The minimum atomic E-state index is -1.00. The number of ketones is 1. The molecule has 0 unspecified atom stereocenters. The first-order chi connectivity index (χ1) is 6.57.